The van der Waals surface area contributed by atoms with E-state index in [1.54, 1.807) is 0 Å². The van der Waals surface area contributed by atoms with E-state index < -0.39 is 0 Å². The number of aliphatic hydroxyl groups is 1. The maximum Gasteiger partial charge on any atom is 0.0586 e. The van der Waals surface area contributed by atoms with Crippen molar-refractivity contribution >= 4 is 0 Å². The van der Waals surface area contributed by atoms with Gasteiger partial charge in [0.25, 0.3) is 0 Å². The van der Waals surface area contributed by atoms with Gasteiger partial charge in [-0.25, -0.2) is 0 Å². The molecule has 1 heterocycles. The van der Waals surface area contributed by atoms with Crippen LogP contribution in [0.1, 0.15) is 33.1 Å². The van der Waals surface area contributed by atoms with Gasteiger partial charge in [0.2, 0.25) is 0 Å². The standard InChI is InChI=1S/C9H19NO/c1-3-8(2)10-6-4-5-9(10)7-11/h8-9,11H,3-7H2,1-2H3. The van der Waals surface area contributed by atoms with Crippen LogP contribution in [0, 0.1) is 0 Å². The molecule has 0 saturated carbocycles. The van der Waals surface area contributed by atoms with Gasteiger partial charge in [-0.1, -0.05) is 6.92 Å². The molecule has 0 aromatic carbocycles. The van der Waals surface area contributed by atoms with Crippen molar-refractivity contribution in [1.29, 1.82) is 0 Å². The van der Waals surface area contributed by atoms with Crippen LogP contribution in [0.15, 0.2) is 0 Å². The fourth-order valence-corrected chi connectivity index (χ4v) is 1.87. The molecule has 0 bridgehead atoms. The topological polar surface area (TPSA) is 23.5 Å². The molecule has 11 heavy (non-hydrogen) atoms. The Kier molecular flexibility index (Phi) is 3.34. The Morgan fingerprint density at radius 3 is 2.91 bits per heavy atom. The molecule has 1 rings (SSSR count). The Bertz CT molecular complexity index is 116. The average molecular weight is 157 g/mol. The molecule has 0 aromatic rings. The summed E-state index contributed by atoms with van der Waals surface area (Å²) < 4.78 is 0. The molecule has 2 nitrogen and oxygen atoms in total. The van der Waals surface area contributed by atoms with Gasteiger partial charge in [0.15, 0.2) is 0 Å². The highest BCUT2D eigenvalue weighted by Crippen LogP contribution is 2.20. The van der Waals surface area contributed by atoms with Gasteiger partial charge in [-0.3, -0.25) is 4.90 Å². The molecule has 2 heteroatoms. The van der Waals surface area contributed by atoms with Gasteiger partial charge in [0.05, 0.1) is 6.61 Å². The quantitative estimate of drug-likeness (QED) is 0.666. The lowest BCUT2D eigenvalue weighted by Crippen LogP contribution is -2.38. The van der Waals surface area contributed by atoms with Crippen LogP contribution in [0.2, 0.25) is 0 Å². The summed E-state index contributed by atoms with van der Waals surface area (Å²) in [6.45, 7) is 5.97. The molecule has 0 amide bonds. The zero-order valence-corrected chi connectivity index (χ0v) is 7.58. The summed E-state index contributed by atoms with van der Waals surface area (Å²) in [5.74, 6) is 0. The first kappa shape index (κ1) is 9.01. The van der Waals surface area contributed by atoms with Crippen LogP contribution in [0.25, 0.3) is 0 Å². The SMILES string of the molecule is CCC(C)N1CCCC1CO. The Balaban J connectivity index is 2.42. The minimum absolute atomic E-state index is 0.338. The van der Waals surface area contributed by atoms with E-state index in [4.69, 9.17) is 5.11 Å². The lowest BCUT2D eigenvalue weighted by molar-refractivity contribution is 0.124. The molecule has 1 fully saturated rings. The van der Waals surface area contributed by atoms with Gasteiger partial charge in [-0.05, 0) is 32.7 Å². The van der Waals surface area contributed by atoms with E-state index in [2.05, 4.69) is 18.7 Å². The number of rotatable bonds is 3. The fraction of sp³-hybridized carbons (Fsp3) is 1.00. The molecule has 0 spiro atoms. The van der Waals surface area contributed by atoms with Crippen LogP contribution < -0.4 is 0 Å². The molecule has 1 saturated heterocycles. The highest BCUT2D eigenvalue weighted by Gasteiger charge is 2.26. The van der Waals surface area contributed by atoms with Crippen LogP contribution >= 0.6 is 0 Å². The van der Waals surface area contributed by atoms with Crippen molar-refractivity contribution in [3.8, 4) is 0 Å². The number of hydrogen-bond donors (Lipinski definition) is 1. The van der Waals surface area contributed by atoms with Crippen molar-refractivity contribution in [3.63, 3.8) is 0 Å². The average Bonchev–Trinajstić information content (AvgIpc) is 2.50. The molecular weight excluding hydrogens is 138 g/mol. The lowest BCUT2D eigenvalue weighted by atomic mass is 10.2. The van der Waals surface area contributed by atoms with Crippen molar-refractivity contribution in [2.75, 3.05) is 13.2 Å². The summed E-state index contributed by atoms with van der Waals surface area (Å²) in [4.78, 5) is 2.43. The number of hydrogen-bond acceptors (Lipinski definition) is 2. The summed E-state index contributed by atoms with van der Waals surface area (Å²) >= 11 is 0. The zero-order chi connectivity index (χ0) is 8.27. The second kappa shape index (κ2) is 4.07. The zero-order valence-electron chi connectivity index (χ0n) is 7.58. The van der Waals surface area contributed by atoms with E-state index in [-0.39, 0.29) is 0 Å². The molecule has 66 valence electrons. The summed E-state index contributed by atoms with van der Waals surface area (Å²) in [7, 11) is 0. The highest BCUT2D eigenvalue weighted by atomic mass is 16.3. The van der Waals surface area contributed by atoms with Crippen LogP contribution in [0.4, 0.5) is 0 Å². The third-order valence-electron chi connectivity index (χ3n) is 2.79. The number of likely N-dealkylation sites (tertiary alicyclic amines) is 1. The van der Waals surface area contributed by atoms with Crippen molar-refractivity contribution in [1.82, 2.24) is 4.90 Å². The molecule has 0 aromatic heterocycles. The summed E-state index contributed by atoms with van der Waals surface area (Å²) in [6, 6.07) is 1.10. The molecule has 0 aliphatic carbocycles. The van der Waals surface area contributed by atoms with Gasteiger partial charge in [-0.2, -0.15) is 0 Å². The first-order chi connectivity index (χ1) is 5.29. The van der Waals surface area contributed by atoms with Crippen LogP contribution in [-0.2, 0) is 0 Å². The predicted molar refractivity (Wildman–Crippen MR) is 46.6 cm³/mol. The van der Waals surface area contributed by atoms with E-state index in [0.29, 0.717) is 18.7 Å². The minimum Gasteiger partial charge on any atom is -0.395 e. The molecule has 1 aliphatic rings. The van der Waals surface area contributed by atoms with Crippen molar-refractivity contribution in [3.05, 3.63) is 0 Å². The maximum atomic E-state index is 9.04. The van der Waals surface area contributed by atoms with E-state index in [0.717, 1.165) is 0 Å². The van der Waals surface area contributed by atoms with Gasteiger partial charge in [-0.15, -0.1) is 0 Å². The minimum atomic E-state index is 0.338. The fourth-order valence-electron chi connectivity index (χ4n) is 1.87. The first-order valence-electron chi connectivity index (χ1n) is 4.66. The molecule has 1 N–H and O–H groups in total. The summed E-state index contributed by atoms with van der Waals surface area (Å²) in [6.07, 6.45) is 3.63. The van der Waals surface area contributed by atoms with Gasteiger partial charge in [0, 0.05) is 12.1 Å². The molecule has 1 aliphatic heterocycles. The van der Waals surface area contributed by atoms with E-state index >= 15 is 0 Å². The number of aliphatic hydroxyl groups excluding tert-OH is 1. The largest absolute Gasteiger partial charge is 0.395 e. The van der Waals surface area contributed by atoms with Crippen LogP contribution in [0.3, 0.4) is 0 Å². The third kappa shape index (κ3) is 1.94. The normalized spacial score (nSPS) is 29.2. The molecule has 0 radical (unpaired) electrons. The smallest absolute Gasteiger partial charge is 0.0586 e. The first-order valence-corrected chi connectivity index (χ1v) is 4.66. The Labute approximate surface area is 69.2 Å². The molecular formula is C9H19NO. The molecule has 2 unspecified atom stereocenters. The van der Waals surface area contributed by atoms with Crippen LogP contribution in [0.5, 0.6) is 0 Å². The van der Waals surface area contributed by atoms with Gasteiger partial charge in [0.1, 0.15) is 0 Å². The van der Waals surface area contributed by atoms with Crippen molar-refractivity contribution < 1.29 is 5.11 Å². The van der Waals surface area contributed by atoms with E-state index in [9.17, 15) is 0 Å². The maximum absolute atomic E-state index is 9.04. The Morgan fingerprint density at radius 2 is 2.36 bits per heavy atom. The Morgan fingerprint density at radius 1 is 1.64 bits per heavy atom. The number of nitrogens with zero attached hydrogens (tertiary/aromatic N) is 1. The predicted octanol–water partition coefficient (Wildman–Crippen LogP) is 1.24. The second-order valence-electron chi connectivity index (χ2n) is 3.47. The Hall–Kier alpha value is -0.0800. The third-order valence-corrected chi connectivity index (χ3v) is 2.79. The second-order valence-corrected chi connectivity index (χ2v) is 3.47. The monoisotopic (exact) mass is 157 g/mol. The van der Waals surface area contributed by atoms with Crippen LogP contribution in [-0.4, -0.2) is 35.2 Å². The van der Waals surface area contributed by atoms with E-state index in [1.165, 1.54) is 25.8 Å². The summed E-state index contributed by atoms with van der Waals surface area (Å²) in [5.41, 5.74) is 0. The van der Waals surface area contributed by atoms with E-state index in [1.807, 2.05) is 0 Å². The molecule has 2 atom stereocenters. The van der Waals surface area contributed by atoms with Crippen molar-refractivity contribution in [2.24, 2.45) is 0 Å². The highest BCUT2D eigenvalue weighted by molar-refractivity contribution is 4.81. The van der Waals surface area contributed by atoms with Gasteiger partial charge < -0.3 is 5.11 Å². The van der Waals surface area contributed by atoms with Crippen molar-refractivity contribution in [2.45, 2.75) is 45.2 Å². The summed E-state index contributed by atoms with van der Waals surface area (Å²) in [5, 5.41) is 9.04. The lowest BCUT2D eigenvalue weighted by Gasteiger charge is -2.28. The van der Waals surface area contributed by atoms with Gasteiger partial charge >= 0.3 is 0 Å².